The fraction of sp³-hybridized carbons (Fsp3) is 0.417. The predicted octanol–water partition coefficient (Wildman–Crippen LogP) is 4.49. The minimum Gasteiger partial charge on any atom is -0.487 e. The van der Waals surface area contributed by atoms with Crippen LogP contribution < -0.4 is 15.0 Å². The molecule has 2 aromatic carbocycles. The first-order chi connectivity index (χ1) is 14.9. The van der Waals surface area contributed by atoms with Gasteiger partial charge in [0.2, 0.25) is 5.91 Å². The molecular formula is C24H28BrN3O3. The number of hydrogen-bond donors (Lipinski definition) is 1. The van der Waals surface area contributed by atoms with Gasteiger partial charge < -0.3 is 15.0 Å². The van der Waals surface area contributed by atoms with Crippen LogP contribution >= 0.6 is 15.9 Å². The van der Waals surface area contributed by atoms with E-state index in [0.717, 1.165) is 39.9 Å². The SMILES string of the molecule is Cc1ccc2c(c1)N(C(=O)N1CCC[C@H](C(=O)NCc3ccccc3Br)C1)C[C@H](C)O2. The number of carbonyl (C=O) groups is 2. The van der Waals surface area contributed by atoms with E-state index in [2.05, 4.69) is 21.2 Å². The zero-order valence-electron chi connectivity index (χ0n) is 17.9. The summed E-state index contributed by atoms with van der Waals surface area (Å²) in [7, 11) is 0. The quantitative estimate of drug-likeness (QED) is 0.696. The normalized spacial score (nSPS) is 20.6. The highest BCUT2D eigenvalue weighted by atomic mass is 79.9. The number of hydrogen-bond acceptors (Lipinski definition) is 3. The van der Waals surface area contributed by atoms with Crippen molar-refractivity contribution in [1.82, 2.24) is 10.2 Å². The lowest BCUT2D eigenvalue weighted by Gasteiger charge is -2.39. The van der Waals surface area contributed by atoms with Gasteiger partial charge in [0.05, 0.1) is 18.2 Å². The number of halogens is 1. The van der Waals surface area contributed by atoms with Crippen LogP contribution in [0.4, 0.5) is 10.5 Å². The number of likely N-dealkylation sites (tertiary alicyclic amines) is 1. The van der Waals surface area contributed by atoms with E-state index in [-0.39, 0.29) is 24.0 Å². The van der Waals surface area contributed by atoms with Crippen LogP contribution in [0.25, 0.3) is 0 Å². The smallest absolute Gasteiger partial charge is 0.324 e. The number of rotatable bonds is 3. The lowest BCUT2D eigenvalue weighted by molar-refractivity contribution is -0.126. The maximum atomic E-state index is 13.4. The predicted molar refractivity (Wildman–Crippen MR) is 124 cm³/mol. The molecule has 0 saturated carbocycles. The lowest BCUT2D eigenvalue weighted by atomic mass is 9.97. The molecule has 0 aliphatic carbocycles. The Bertz CT molecular complexity index is 980. The number of ether oxygens (including phenoxy) is 1. The van der Waals surface area contributed by atoms with Gasteiger partial charge in [-0.1, -0.05) is 40.2 Å². The Morgan fingerprint density at radius 3 is 2.81 bits per heavy atom. The Morgan fingerprint density at radius 1 is 1.19 bits per heavy atom. The van der Waals surface area contributed by atoms with Crippen LogP contribution in [0, 0.1) is 12.8 Å². The van der Waals surface area contributed by atoms with Gasteiger partial charge in [-0.2, -0.15) is 0 Å². The fourth-order valence-electron chi connectivity index (χ4n) is 4.23. The van der Waals surface area contributed by atoms with E-state index in [1.165, 1.54) is 0 Å². The third-order valence-electron chi connectivity index (χ3n) is 5.88. The van der Waals surface area contributed by atoms with E-state index < -0.39 is 0 Å². The number of fused-ring (bicyclic) bond motifs is 1. The molecule has 1 saturated heterocycles. The molecule has 3 amide bonds. The second-order valence-electron chi connectivity index (χ2n) is 8.39. The highest BCUT2D eigenvalue weighted by molar-refractivity contribution is 9.10. The van der Waals surface area contributed by atoms with Gasteiger partial charge in [0, 0.05) is 24.1 Å². The largest absolute Gasteiger partial charge is 0.487 e. The van der Waals surface area contributed by atoms with E-state index in [1.54, 1.807) is 4.90 Å². The number of anilines is 1. The number of carbonyl (C=O) groups excluding carboxylic acids is 2. The molecule has 0 aromatic heterocycles. The standard InChI is InChI=1S/C24H28BrN3O3/c1-16-9-10-22-21(12-16)28(14-17(2)31-22)24(30)27-11-5-7-19(15-27)23(29)26-13-18-6-3-4-8-20(18)25/h3-4,6,8-10,12,17,19H,5,7,11,13-15H2,1-2H3,(H,26,29)/t17-,19-/m0/s1. The van der Waals surface area contributed by atoms with Crippen molar-refractivity contribution in [1.29, 1.82) is 0 Å². The molecule has 0 spiro atoms. The molecule has 2 heterocycles. The van der Waals surface area contributed by atoms with Crippen molar-refractivity contribution in [3.05, 3.63) is 58.1 Å². The van der Waals surface area contributed by atoms with Crippen LogP contribution in [-0.2, 0) is 11.3 Å². The van der Waals surface area contributed by atoms with Gasteiger partial charge in [-0.05, 0) is 56.0 Å². The second kappa shape index (κ2) is 9.30. The highest BCUT2D eigenvalue weighted by Crippen LogP contribution is 2.35. The van der Waals surface area contributed by atoms with E-state index in [4.69, 9.17) is 4.74 Å². The number of benzene rings is 2. The van der Waals surface area contributed by atoms with Crippen LogP contribution in [0.5, 0.6) is 5.75 Å². The molecule has 0 unspecified atom stereocenters. The minimum absolute atomic E-state index is 0.000145. The Labute approximate surface area is 191 Å². The molecule has 1 N–H and O–H groups in total. The van der Waals surface area contributed by atoms with Gasteiger partial charge in [-0.15, -0.1) is 0 Å². The zero-order valence-corrected chi connectivity index (χ0v) is 19.5. The zero-order chi connectivity index (χ0) is 22.0. The van der Waals surface area contributed by atoms with Gasteiger partial charge in [-0.25, -0.2) is 4.79 Å². The molecule has 2 atom stereocenters. The van der Waals surface area contributed by atoms with Gasteiger partial charge in [0.25, 0.3) is 0 Å². The summed E-state index contributed by atoms with van der Waals surface area (Å²) in [4.78, 5) is 29.9. The molecule has 0 bridgehead atoms. The van der Waals surface area contributed by atoms with Crippen LogP contribution in [0.3, 0.4) is 0 Å². The molecule has 1 fully saturated rings. The van der Waals surface area contributed by atoms with Crippen LogP contribution in [-0.4, -0.2) is 42.6 Å². The average molecular weight is 486 g/mol. The lowest BCUT2D eigenvalue weighted by Crippen LogP contribution is -2.53. The summed E-state index contributed by atoms with van der Waals surface area (Å²) in [5.74, 6) is 0.535. The molecule has 2 aliphatic heterocycles. The summed E-state index contributed by atoms with van der Waals surface area (Å²) in [6, 6.07) is 13.7. The van der Waals surface area contributed by atoms with Crippen LogP contribution in [0.1, 0.15) is 30.9 Å². The van der Waals surface area contributed by atoms with Crippen LogP contribution in [0.2, 0.25) is 0 Å². The second-order valence-corrected chi connectivity index (χ2v) is 9.24. The summed E-state index contributed by atoms with van der Waals surface area (Å²) in [6.45, 7) is 6.06. The first kappa shape index (κ1) is 21.7. The van der Waals surface area contributed by atoms with Crippen molar-refractivity contribution >= 4 is 33.6 Å². The van der Waals surface area contributed by atoms with Crippen molar-refractivity contribution in [3.63, 3.8) is 0 Å². The third kappa shape index (κ3) is 4.87. The van der Waals surface area contributed by atoms with Crippen molar-refractivity contribution in [2.24, 2.45) is 5.92 Å². The molecule has 2 aliphatic rings. The van der Waals surface area contributed by atoms with Crippen molar-refractivity contribution < 1.29 is 14.3 Å². The number of piperidine rings is 1. The van der Waals surface area contributed by atoms with E-state index >= 15 is 0 Å². The van der Waals surface area contributed by atoms with Gasteiger partial charge in [0.1, 0.15) is 11.9 Å². The molecule has 6 nitrogen and oxygen atoms in total. The topological polar surface area (TPSA) is 61.9 Å². The summed E-state index contributed by atoms with van der Waals surface area (Å²) in [5, 5.41) is 3.04. The Kier molecular flexibility index (Phi) is 6.51. The molecular weight excluding hydrogens is 458 g/mol. The summed E-state index contributed by atoms with van der Waals surface area (Å²) in [6.07, 6.45) is 1.53. The highest BCUT2D eigenvalue weighted by Gasteiger charge is 2.34. The first-order valence-corrected chi connectivity index (χ1v) is 11.6. The van der Waals surface area contributed by atoms with Crippen molar-refractivity contribution in [2.75, 3.05) is 24.5 Å². The van der Waals surface area contributed by atoms with Gasteiger partial charge >= 0.3 is 6.03 Å². The van der Waals surface area contributed by atoms with Crippen molar-refractivity contribution in [2.45, 2.75) is 39.3 Å². The maximum Gasteiger partial charge on any atom is 0.324 e. The number of nitrogens with zero attached hydrogens (tertiary/aromatic N) is 2. The van der Waals surface area contributed by atoms with Crippen LogP contribution in [0.15, 0.2) is 46.9 Å². The van der Waals surface area contributed by atoms with Crippen molar-refractivity contribution in [3.8, 4) is 5.75 Å². The monoisotopic (exact) mass is 485 g/mol. The summed E-state index contributed by atoms with van der Waals surface area (Å²) in [5.41, 5.74) is 2.93. The summed E-state index contributed by atoms with van der Waals surface area (Å²) < 4.78 is 6.90. The first-order valence-electron chi connectivity index (χ1n) is 10.8. The molecule has 7 heteroatoms. The molecule has 0 radical (unpaired) electrons. The number of nitrogens with one attached hydrogen (secondary N) is 1. The number of aryl methyl sites for hydroxylation is 1. The average Bonchev–Trinajstić information content (AvgIpc) is 2.77. The van der Waals surface area contributed by atoms with E-state index in [9.17, 15) is 9.59 Å². The minimum atomic E-state index is -0.198. The Morgan fingerprint density at radius 2 is 2.00 bits per heavy atom. The fourth-order valence-corrected chi connectivity index (χ4v) is 4.66. The third-order valence-corrected chi connectivity index (χ3v) is 6.65. The van der Waals surface area contributed by atoms with E-state index in [1.807, 2.05) is 61.2 Å². The number of urea groups is 1. The molecule has 31 heavy (non-hydrogen) atoms. The summed E-state index contributed by atoms with van der Waals surface area (Å²) >= 11 is 3.52. The van der Waals surface area contributed by atoms with Gasteiger partial charge in [-0.3, -0.25) is 9.69 Å². The van der Waals surface area contributed by atoms with Gasteiger partial charge in [0.15, 0.2) is 0 Å². The number of amides is 3. The van der Waals surface area contributed by atoms with E-state index in [0.29, 0.717) is 26.2 Å². The molecule has 4 rings (SSSR count). The maximum absolute atomic E-state index is 13.4. The molecule has 2 aromatic rings. The Hall–Kier alpha value is -2.54. The Balaban J connectivity index is 1.43. The molecule has 164 valence electrons.